The first-order valence-corrected chi connectivity index (χ1v) is 7.37. The maximum absolute atomic E-state index is 12.8. The maximum atomic E-state index is 12.8. The number of nitrogens with zero attached hydrogens (tertiary/aromatic N) is 2. The number of carbonyl (C=O) groups excluding carboxylic acids is 1. The normalized spacial score (nSPS) is 17.1. The number of aromatic nitrogens is 3. The summed E-state index contributed by atoms with van der Waals surface area (Å²) in [5.41, 5.74) is 0.0654. The lowest BCUT2D eigenvalue weighted by Crippen LogP contribution is -2.54. The summed E-state index contributed by atoms with van der Waals surface area (Å²) in [6.45, 7) is 1.95. The van der Waals surface area contributed by atoms with Crippen molar-refractivity contribution in [1.82, 2.24) is 25.4 Å². The third-order valence-electron chi connectivity index (χ3n) is 4.10. The van der Waals surface area contributed by atoms with E-state index in [0.29, 0.717) is 19.4 Å². The number of aromatic amines is 1. The molecule has 3 rings (SSSR count). The van der Waals surface area contributed by atoms with Crippen molar-refractivity contribution in [2.75, 3.05) is 13.1 Å². The van der Waals surface area contributed by atoms with Crippen LogP contribution < -0.4 is 16.2 Å². The minimum absolute atomic E-state index is 0.0381. The molecule has 0 spiro atoms. The minimum atomic E-state index is -0.642. The van der Waals surface area contributed by atoms with Crippen LogP contribution in [0.5, 0.6) is 0 Å². The van der Waals surface area contributed by atoms with Gasteiger partial charge in [0, 0.05) is 31.2 Å². The van der Waals surface area contributed by atoms with Gasteiger partial charge in [0.2, 0.25) is 11.5 Å². The first-order valence-electron chi connectivity index (χ1n) is 7.37. The molecule has 0 bridgehead atoms. The molecule has 0 aromatic carbocycles. The Balaban J connectivity index is 1.75. The molecule has 0 atom stereocenters. The van der Waals surface area contributed by atoms with Gasteiger partial charge in [-0.2, -0.15) is 5.10 Å². The molecule has 22 heavy (non-hydrogen) atoms. The summed E-state index contributed by atoms with van der Waals surface area (Å²) in [7, 11) is 0. The Hall–Kier alpha value is -2.41. The van der Waals surface area contributed by atoms with Crippen LogP contribution in [0.15, 0.2) is 41.6 Å². The number of rotatable bonds is 4. The highest BCUT2D eigenvalue weighted by Crippen LogP contribution is 2.27. The van der Waals surface area contributed by atoms with Crippen LogP contribution in [-0.2, 0) is 16.9 Å². The van der Waals surface area contributed by atoms with Crippen molar-refractivity contribution >= 4 is 5.91 Å². The predicted molar refractivity (Wildman–Crippen MR) is 81.2 cm³/mol. The Labute approximate surface area is 127 Å². The summed E-state index contributed by atoms with van der Waals surface area (Å²) >= 11 is 0. The number of nitrogens with one attached hydrogen (secondary N) is 3. The molecular formula is C15H19N5O2. The highest BCUT2D eigenvalue weighted by molar-refractivity contribution is 5.84. The molecule has 7 nitrogen and oxygen atoms in total. The Morgan fingerprint density at radius 1 is 1.36 bits per heavy atom. The van der Waals surface area contributed by atoms with Crippen molar-refractivity contribution in [1.29, 1.82) is 0 Å². The van der Waals surface area contributed by atoms with Gasteiger partial charge in [-0.25, -0.2) is 0 Å². The molecule has 116 valence electrons. The number of piperidine rings is 1. The topological polar surface area (TPSA) is 91.8 Å². The Kier molecular flexibility index (Phi) is 4.06. The van der Waals surface area contributed by atoms with E-state index in [-0.39, 0.29) is 11.5 Å². The van der Waals surface area contributed by atoms with Crippen molar-refractivity contribution in [3.63, 3.8) is 0 Å². The van der Waals surface area contributed by atoms with Gasteiger partial charge in [-0.15, -0.1) is 0 Å². The average molecular weight is 301 g/mol. The quantitative estimate of drug-likeness (QED) is 0.739. The van der Waals surface area contributed by atoms with E-state index in [1.807, 2.05) is 12.3 Å². The van der Waals surface area contributed by atoms with E-state index in [4.69, 9.17) is 0 Å². The van der Waals surface area contributed by atoms with E-state index in [9.17, 15) is 9.59 Å². The van der Waals surface area contributed by atoms with E-state index in [0.717, 1.165) is 18.7 Å². The van der Waals surface area contributed by atoms with Crippen molar-refractivity contribution < 1.29 is 4.79 Å². The van der Waals surface area contributed by atoms with Gasteiger partial charge < -0.3 is 15.6 Å². The largest absolute Gasteiger partial charge is 0.350 e. The molecule has 2 aromatic rings. The lowest BCUT2D eigenvalue weighted by Gasteiger charge is -2.36. The molecule has 0 aliphatic carbocycles. The van der Waals surface area contributed by atoms with E-state index in [2.05, 4.69) is 20.7 Å². The van der Waals surface area contributed by atoms with Crippen LogP contribution in [0.25, 0.3) is 0 Å². The Bertz CT molecular complexity index is 666. The second-order valence-electron chi connectivity index (χ2n) is 5.48. The fourth-order valence-corrected chi connectivity index (χ4v) is 2.82. The van der Waals surface area contributed by atoms with Crippen LogP contribution >= 0.6 is 0 Å². The molecule has 1 saturated heterocycles. The van der Waals surface area contributed by atoms with E-state index in [1.165, 1.54) is 6.07 Å². The van der Waals surface area contributed by atoms with Gasteiger partial charge >= 0.3 is 0 Å². The number of carbonyl (C=O) groups is 1. The molecule has 1 aliphatic heterocycles. The van der Waals surface area contributed by atoms with Gasteiger partial charge in [0.1, 0.15) is 5.54 Å². The zero-order valence-electron chi connectivity index (χ0n) is 12.2. The average Bonchev–Trinajstić information content (AvgIpc) is 3.09. The Morgan fingerprint density at radius 2 is 2.18 bits per heavy atom. The standard InChI is InChI=1S/C15H19N5O2/c21-13-3-2-12(10-17-13)11-18-14(22)15(4-7-16-8-5-15)20-9-1-6-19-20/h1-3,6,9-10,16H,4-5,7-8,11H2,(H,17,21)(H,18,22). The zero-order chi connectivity index (χ0) is 15.4. The van der Waals surface area contributed by atoms with Crippen molar-refractivity contribution in [2.24, 2.45) is 0 Å². The lowest BCUT2D eigenvalue weighted by atomic mass is 9.87. The molecule has 1 fully saturated rings. The first kappa shape index (κ1) is 14.5. The number of hydrogen-bond acceptors (Lipinski definition) is 4. The second kappa shape index (κ2) is 6.15. The van der Waals surface area contributed by atoms with E-state index in [1.54, 1.807) is 23.1 Å². The predicted octanol–water partition coefficient (Wildman–Crippen LogP) is -0.0335. The molecule has 2 aromatic heterocycles. The highest BCUT2D eigenvalue weighted by atomic mass is 16.2. The van der Waals surface area contributed by atoms with Crippen LogP contribution in [0.4, 0.5) is 0 Å². The summed E-state index contributed by atoms with van der Waals surface area (Å²) in [6, 6.07) is 5.00. The number of pyridine rings is 1. The molecule has 1 amide bonds. The van der Waals surface area contributed by atoms with Crippen molar-refractivity contribution in [2.45, 2.75) is 24.9 Å². The van der Waals surface area contributed by atoms with Gasteiger partial charge in [0.05, 0.1) is 0 Å². The van der Waals surface area contributed by atoms with Gasteiger partial charge in [0.15, 0.2) is 0 Å². The van der Waals surface area contributed by atoms with Gasteiger partial charge in [-0.05, 0) is 37.6 Å². The molecule has 3 heterocycles. The van der Waals surface area contributed by atoms with E-state index >= 15 is 0 Å². The molecular weight excluding hydrogens is 282 g/mol. The van der Waals surface area contributed by atoms with Crippen LogP contribution in [0, 0.1) is 0 Å². The fourth-order valence-electron chi connectivity index (χ4n) is 2.82. The Morgan fingerprint density at radius 3 is 2.82 bits per heavy atom. The van der Waals surface area contributed by atoms with Crippen molar-refractivity contribution in [3.8, 4) is 0 Å². The van der Waals surface area contributed by atoms with Crippen LogP contribution in [0.2, 0.25) is 0 Å². The molecule has 0 unspecified atom stereocenters. The monoisotopic (exact) mass is 301 g/mol. The summed E-state index contributed by atoms with van der Waals surface area (Å²) in [5.74, 6) is -0.0381. The van der Waals surface area contributed by atoms with Gasteiger partial charge in [-0.3, -0.25) is 14.3 Å². The molecule has 3 N–H and O–H groups in total. The third kappa shape index (κ3) is 2.80. The summed E-state index contributed by atoms with van der Waals surface area (Å²) in [4.78, 5) is 26.4. The first-order chi connectivity index (χ1) is 10.7. The number of H-pyrrole nitrogens is 1. The SMILES string of the molecule is O=C(NCc1ccc(=O)[nH]c1)C1(n2cccn2)CCNCC1. The number of amides is 1. The third-order valence-corrected chi connectivity index (χ3v) is 4.10. The van der Waals surface area contributed by atoms with Crippen LogP contribution in [-0.4, -0.2) is 33.8 Å². The molecule has 0 saturated carbocycles. The summed E-state index contributed by atoms with van der Waals surface area (Å²) in [6.07, 6.45) is 6.55. The molecule has 7 heteroatoms. The minimum Gasteiger partial charge on any atom is -0.350 e. The zero-order valence-corrected chi connectivity index (χ0v) is 12.2. The maximum Gasteiger partial charge on any atom is 0.248 e. The summed E-state index contributed by atoms with van der Waals surface area (Å²) < 4.78 is 1.76. The van der Waals surface area contributed by atoms with Gasteiger partial charge in [0.25, 0.3) is 0 Å². The fraction of sp³-hybridized carbons (Fsp3) is 0.400. The van der Waals surface area contributed by atoms with Crippen molar-refractivity contribution in [3.05, 3.63) is 52.7 Å². The smallest absolute Gasteiger partial charge is 0.248 e. The lowest BCUT2D eigenvalue weighted by molar-refractivity contribution is -0.132. The molecule has 0 radical (unpaired) electrons. The highest BCUT2D eigenvalue weighted by Gasteiger charge is 2.41. The number of hydrogen-bond donors (Lipinski definition) is 3. The van der Waals surface area contributed by atoms with Crippen LogP contribution in [0.1, 0.15) is 18.4 Å². The van der Waals surface area contributed by atoms with Crippen LogP contribution in [0.3, 0.4) is 0 Å². The molecule has 1 aliphatic rings. The van der Waals surface area contributed by atoms with Gasteiger partial charge in [-0.1, -0.05) is 6.07 Å². The summed E-state index contributed by atoms with van der Waals surface area (Å²) in [5, 5.41) is 10.5. The van der Waals surface area contributed by atoms with E-state index < -0.39 is 5.54 Å². The second-order valence-corrected chi connectivity index (χ2v) is 5.48.